The van der Waals surface area contributed by atoms with Gasteiger partial charge >= 0.3 is 6.09 Å². The molecule has 0 bridgehead atoms. The number of carboxylic acid groups (broad SMARTS) is 1. The Morgan fingerprint density at radius 3 is 1.97 bits per heavy atom. The van der Waals surface area contributed by atoms with Crippen molar-refractivity contribution in [2.45, 2.75) is 32.9 Å². The van der Waals surface area contributed by atoms with E-state index in [1.54, 1.807) is 6.20 Å². The zero-order chi connectivity index (χ0) is 26.0. The number of aromatic nitrogens is 2. The molecule has 37 heavy (non-hydrogen) atoms. The normalized spacial score (nSPS) is 11.4. The molecule has 0 aliphatic heterocycles. The van der Waals surface area contributed by atoms with Crippen LogP contribution in [0.3, 0.4) is 0 Å². The summed E-state index contributed by atoms with van der Waals surface area (Å²) in [5.41, 5.74) is 7.21. The maximum absolute atomic E-state index is 11.8. The number of hydrogen-bond acceptors (Lipinski definition) is 3. The van der Waals surface area contributed by atoms with E-state index in [0.29, 0.717) is 6.54 Å². The summed E-state index contributed by atoms with van der Waals surface area (Å²) in [6.45, 7) is 6.03. The van der Waals surface area contributed by atoms with E-state index in [-0.39, 0.29) is 0 Å². The largest absolute Gasteiger partial charge is 0.465 e. The summed E-state index contributed by atoms with van der Waals surface area (Å²) in [6, 6.07) is 32.6. The van der Waals surface area contributed by atoms with Crippen LogP contribution in [0.15, 0.2) is 103 Å². The van der Waals surface area contributed by atoms with Crippen LogP contribution in [-0.2, 0) is 6.54 Å². The summed E-state index contributed by atoms with van der Waals surface area (Å²) in [6.07, 6.45) is 0.877. The molecule has 0 saturated carbocycles. The number of nitrogens with zero attached hydrogens (tertiary/aromatic N) is 3. The first kappa shape index (κ1) is 24.2. The van der Waals surface area contributed by atoms with Crippen molar-refractivity contribution in [2.75, 3.05) is 0 Å². The lowest BCUT2D eigenvalue weighted by Crippen LogP contribution is -2.44. The Balaban J connectivity index is 1.62. The topological polar surface area (TPSA) is 66.3 Å². The van der Waals surface area contributed by atoms with Crippen molar-refractivity contribution in [1.82, 2.24) is 14.9 Å². The highest BCUT2D eigenvalue weighted by molar-refractivity contribution is 5.98. The Labute approximate surface area is 217 Å². The molecule has 0 aliphatic carbocycles. The summed E-state index contributed by atoms with van der Waals surface area (Å²) in [4.78, 5) is 23.1. The Kier molecular flexibility index (Phi) is 6.45. The van der Waals surface area contributed by atoms with Crippen LogP contribution >= 0.6 is 0 Å². The number of rotatable bonds is 5. The van der Waals surface area contributed by atoms with Crippen LogP contribution < -0.4 is 0 Å². The van der Waals surface area contributed by atoms with Gasteiger partial charge in [0.1, 0.15) is 0 Å². The van der Waals surface area contributed by atoms with Gasteiger partial charge in [0.2, 0.25) is 0 Å². The highest BCUT2D eigenvalue weighted by Crippen LogP contribution is 2.36. The standard InChI is InChI=1S/C32H29N3O2/c1-32(2,3)35(31(36)37)21-22-14-16-25(17-15-22)30-26(23-10-6-4-7-11-23)20-27-28(34-30)18-19-33-29(27)24-12-8-5-9-13-24/h4-20H,21H2,1-3H3,(H,36,37). The molecule has 184 valence electrons. The van der Waals surface area contributed by atoms with E-state index in [1.165, 1.54) is 4.90 Å². The molecule has 2 aromatic heterocycles. The van der Waals surface area contributed by atoms with Gasteiger partial charge < -0.3 is 5.11 Å². The SMILES string of the molecule is CC(C)(C)N(Cc1ccc(-c2nc3ccnc(-c4ccccc4)c3cc2-c2ccccc2)cc1)C(=O)O. The molecule has 1 N–H and O–H groups in total. The number of fused-ring (bicyclic) bond motifs is 1. The lowest BCUT2D eigenvalue weighted by molar-refractivity contribution is 0.0955. The molecule has 0 atom stereocenters. The fourth-order valence-corrected chi connectivity index (χ4v) is 4.52. The number of pyridine rings is 2. The molecule has 0 fully saturated rings. The predicted octanol–water partition coefficient (Wildman–Crippen LogP) is 7.91. The number of benzene rings is 3. The van der Waals surface area contributed by atoms with Crippen LogP contribution in [0.2, 0.25) is 0 Å². The molecule has 5 nitrogen and oxygen atoms in total. The molecule has 0 saturated heterocycles. The Morgan fingerprint density at radius 1 is 0.784 bits per heavy atom. The van der Waals surface area contributed by atoms with Crippen LogP contribution in [0.25, 0.3) is 44.5 Å². The minimum atomic E-state index is -0.929. The molecule has 0 spiro atoms. The van der Waals surface area contributed by atoms with Crippen molar-refractivity contribution in [2.24, 2.45) is 0 Å². The molecule has 0 radical (unpaired) electrons. The molecule has 0 aliphatic rings. The molecule has 5 aromatic rings. The number of amides is 1. The van der Waals surface area contributed by atoms with Gasteiger partial charge in [0.05, 0.1) is 16.9 Å². The smallest absolute Gasteiger partial charge is 0.408 e. The van der Waals surface area contributed by atoms with E-state index in [1.807, 2.05) is 87.5 Å². The van der Waals surface area contributed by atoms with Gasteiger partial charge in [-0.3, -0.25) is 9.88 Å². The van der Waals surface area contributed by atoms with Crippen LogP contribution in [0.1, 0.15) is 26.3 Å². The second-order valence-corrected chi connectivity index (χ2v) is 10.1. The summed E-state index contributed by atoms with van der Waals surface area (Å²) in [5.74, 6) is 0. The summed E-state index contributed by atoms with van der Waals surface area (Å²) >= 11 is 0. The fraction of sp³-hybridized carbons (Fsp3) is 0.156. The molecule has 0 unspecified atom stereocenters. The second kappa shape index (κ2) is 9.86. The lowest BCUT2D eigenvalue weighted by Gasteiger charge is -2.33. The average Bonchev–Trinajstić information content (AvgIpc) is 2.91. The van der Waals surface area contributed by atoms with E-state index >= 15 is 0 Å². The molecular formula is C32H29N3O2. The Morgan fingerprint density at radius 2 is 1.38 bits per heavy atom. The first-order chi connectivity index (χ1) is 17.8. The lowest BCUT2D eigenvalue weighted by atomic mass is 9.95. The van der Waals surface area contributed by atoms with Gasteiger partial charge in [-0.05, 0) is 44.0 Å². The third-order valence-electron chi connectivity index (χ3n) is 6.48. The van der Waals surface area contributed by atoms with E-state index < -0.39 is 11.6 Å². The number of carbonyl (C=O) groups is 1. The highest BCUT2D eigenvalue weighted by Gasteiger charge is 2.26. The molecule has 1 amide bonds. The number of hydrogen-bond donors (Lipinski definition) is 1. The third-order valence-corrected chi connectivity index (χ3v) is 6.48. The van der Waals surface area contributed by atoms with E-state index in [0.717, 1.165) is 50.1 Å². The predicted molar refractivity (Wildman–Crippen MR) is 149 cm³/mol. The highest BCUT2D eigenvalue weighted by atomic mass is 16.4. The second-order valence-electron chi connectivity index (χ2n) is 10.1. The van der Waals surface area contributed by atoms with Crippen LogP contribution in [0.5, 0.6) is 0 Å². The van der Waals surface area contributed by atoms with Crippen molar-refractivity contribution in [3.8, 4) is 33.6 Å². The molecular weight excluding hydrogens is 458 g/mol. The quantitative estimate of drug-likeness (QED) is 0.273. The zero-order valence-electron chi connectivity index (χ0n) is 21.2. The summed E-state index contributed by atoms with van der Waals surface area (Å²) in [5, 5.41) is 10.7. The van der Waals surface area contributed by atoms with Gasteiger partial charge in [-0.15, -0.1) is 0 Å². The summed E-state index contributed by atoms with van der Waals surface area (Å²) in [7, 11) is 0. The van der Waals surface area contributed by atoms with Crippen molar-refractivity contribution >= 4 is 17.0 Å². The molecule has 5 rings (SSSR count). The van der Waals surface area contributed by atoms with Gasteiger partial charge in [-0.25, -0.2) is 9.78 Å². The fourth-order valence-electron chi connectivity index (χ4n) is 4.52. The maximum Gasteiger partial charge on any atom is 0.408 e. The van der Waals surface area contributed by atoms with Gasteiger partial charge in [0.25, 0.3) is 0 Å². The minimum Gasteiger partial charge on any atom is -0.465 e. The van der Waals surface area contributed by atoms with Crippen molar-refractivity contribution in [3.63, 3.8) is 0 Å². The molecule has 2 heterocycles. The van der Waals surface area contributed by atoms with Crippen molar-refractivity contribution < 1.29 is 9.90 Å². The Hall–Kier alpha value is -4.51. The van der Waals surface area contributed by atoms with Gasteiger partial charge in [-0.2, -0.15) is 0 Å². The van der Waals surface area contributed by atoms with Gasteiger partial charge in [0, 0.05) is 40.4 Å². The van der Waals surface area contributed by atoms with Crippen molar-refractivity contribution in [3.05, 3.63) is 109 Å². The zero-order valence-corrected chi connectivity index (χ0v) is 21.2. The Bertz CT molecular complexity index is 1540. The first-order valence-electron chi connectivity index (χ1n) is 12.3. The summed E-state index contributed by atoms with van der Waals surface area (Å²) < 4.78 is 0. The van der Waals surface area contributed by atoms with Crippen LogP contribution in [-0.4, -0.2) is 31.6 Å². The van der Waals surface area contributed by atoms with Gasteiger partial charge in [0.15, 0.2) is 0 Å². The van der Waals surface area contributed by atoms with E-state index in [2.05, 4.69) is 30.3 Å². The monoisotopic (exact) mass is 487 g/mol. The molecule has 5 heteroatoms. The van der Waals surface area contributed by atoms with Crippen molar-refractivity contribution in [1.29, 1.82) is 0 Å². The average molecular weight is 488 g/mol. The van der Waals surface area contributed by atoms with E-state index in [9.17, 15) is 9.90 Å². The maximum atomic E-state index is 11.8. The third kappa shape index (κ3) is 5.07. The van der Waals surface area contributed by atoms with Gasteiger partial charge in [-0.1, -0.05) is 84.9 Å². The van der Waals surface area contributed by atoms with Crippen LogP contribution in [0, 0.1) is 0 Å². The first-order valence-corrected chi connectivity index (χ1v) is 12.3. The molecule has 3 aromatic carbocycles. The minimum absolute atomic E-state index is 0.321. The van der Waals surface area contributed by atoms with E-state index in [4.69, 9.17) is 9.97 Å². The van der Waals surface area contributed by atoms with Crippen LogP contribution in [0.4, 0.5) is 4.79 Å².